The minimum absolute atomic E-state index is 0. The Balaban J connectivity index is 0.00000312. The van der Waals surface area contributed by atoms with E-state index in [0.717, 1.165) is 0 Å². The third kappa shape index (κ3) is 5.77. The number of hydrogen-bond donors (Lipinski definition) is 3. The van der Waals surface area contributed by atoms with Crippen LogP contribution in [0, 0.1) is 11.7 Å². The quantitative estimate of drug-likeness (QED) is 0.712. The minimum Gasteiger partial charge on any atom is -0.326 e. The van der Waals surface area contributed by atoms with Crippen LogP contribution in [0.5, 0.6) is 0 Å². The topological polar surface area (TPSA) is 83.1 Å². The lowest BCUT2D eigenvalue weighted by Gasteiger charge is -2.09. The van der Waals surface area contributed by atoms with E-state index in [1.54, 1.807) is 31.5 Å². The molecule has 3 N–H and O–H groups in total. The van der Waals surface area contributed by atoms with Gasteiger partial charge in [0.15, 0.2) is 5.13 Å². The third-order valence-corrected chi connectivity index (χ3v) is 4.02. The zero-order chi connectivity index (χ0) is 17.7. The van der Waals surface area contributed by atoms with Crippen molar-refractivity contribution in [1.29, 1.82) is 0 Å². The van der Waals surface area contributed by atoms with E-state index in [-0.39, 0.29) is 30.1 Å². The standard InChI is InChI=1S/C16H19FN4O2S.ClH/c1-9(7-18-3)15(23)21-16-20-14(8-24-16)12-5-4-11(6-13(12)17)19-10(2)22;/h4-6,8-9,18H,7H2,1-3H3,(H,19,22)(H,20,21,23);1H. The van der Waals surface area contributed by atoms with E-state index >= 15 is 0 Å². The van der Waals surface area contributed by atoms with Crippen molar-refractivity contribution >= 4 is 46.4 Å². The summed E-state index contributed by atoms with van der Waals surface area (Å²) in [6.07, 6.45) is 0. The second-order valence-electron chi connectivity index (χ2n) is 5.36. The van der Waals surface area contributed by atoms with Gasteiger partial charge in [0.25, 0.3) is 0 Å². The largest absolute Gasteiger partial charge is 0.326 e. The molecule has 1 atom stereocenters. The van der Waals surface area contributed by atoms with Gasteiger partial charge in [-0.15, -0.1) is 23.7 Å². The minimum atomic E-state index is -0.493. The zero-order valence-corrected chi connectivity index (χ0v) is 15.7. The number of hydrogen-bond acceptors (Lipinski definition) is 5. The number of carbonyl (C=O) groups excluding carboxylic acids is 2. The van der Waals surface area contributed by atoms with Crippen LogP contribution in [0.3, 0.4) is 0 Å². The van der Waals surface area contributed by atoms with Gasteiger partial charge in [0.1, 0.15) is 5.82 Å². The van der Waals surface area contributed by atoms with Crippen LogP contribution in [0.15, 0.2) is 23.6 Å². The molecule has 25 heavy (non-hydrogen) atoms. The number of anilines is 2. The Hall–Kier alpha value is -2.03. The van der Waals surface area contributed by atoms with Gasteiger partial charge in [0.2, 0.25) is 11.8 Å². The molecular weight excluding hydrogens is 367 g/mol. The van der Waals surface area contributed by atoms with Crippen LogP contribution in [0.4, 0.5) is 15.2 Å². The lowest BCUT2D eigenvalue weighted by molar-refractivity contribution is -0.119. The molecule has 1 aromatic carbocycles. The highest BCUT2D eigenvalue weighted by atomic mass is 35.5. The van der Waals surface area contributed by atoms with Gasteiger partial charge in [-0.2, -0.15) is 0 Å². The molecule has 9 heteroatoms. The molecule has 0 bridgehead atoms. The Bertz CT molecular complexity index is 753. The van der Waals surface area contributed by atoms with Crippen LogP contribution in [-0.2, 0) is 9.59 Å². The first kappa shape index (κ1) is 21.0. The van der Waals surface area contributed by atoms with E-state index in [1.807, 2.05) is 0 Å². The Morgan fingerprint density at radius 1 is 1.32 bits per heavy atom. The van der Waals surface area contributed by atoms with Gasteiger partial charge in [0.05, 0.1) is 5.69 Å². The van der Waals surface area contributed by atoms with Crippen molar-refractivity contribution in [2.45, 2.75) is 13.8 Å². The van der Waals surface area contributed by atoms with Crippen LogP contribution in [0.2, 0.25) is 0 Å². The fourth-order valence-corrected chi connectivity index (χ4v) is 2.80. The molecule has 136 valence electrons. The Kier molecular flexibility index (Phi) is 7.95. The normalized spacial score (nSPS) is 11.4. The van der Waals surface area contributed by atoms with Crippen molar-refractivity contribution in [3.05, 3.63) is 29.4 Å². The van der Waals surface area contributed by atoms with Crippen molar-refractivity contribution in [3.63, 3.8) is 0 Å². The van der Waals surface area contributed by atoms with Gasteiger partial charge >= 0.3 is 0 Å². The number of amides is 2. The van der Waals surface area contributed by atoms with Gasteiger partial charge in [-0.3, -0.25) is 9.59 Å². The molecule has 0 aliphatic carbocycles. The Morgan fingerprint density at radius 3 is 2.64 bits per heavy atom. The summed E-state index contributed by atoms with van der Waals surface area (Å²) in [7, 11) is 1.78. The lowest BCUT2D eigenvalue weighted by Crippen LogP contribution is -2.28. The van der Waals surface area contributed by atoms with Gasteiger partial charge in [0, 0.05) is 36.0 Å². The van der Waals surface area contributed by atoms with Crippen molar-refractivity contribution in [2.75, 3.05) is 24.2 Å². The molecule has 6 nitrogen and oxygen atoms in total. The highest BCUT2D eigenvalue weighted by Gasteiger charge is 2.15. The van der Waals surface area contributed by atoms with E-state index in [9.17, 15) is 14.0 Å². The van der Waals surface area contributed by atoms with Gasteiger partial charge in [-0.25, -0.2) is 9.37 Å². The van der Waals surface area contributed by atoms with Crippen molar-refractivity contribution in [2.24, 2.45) is 5.92 Å². The summed E-state index contributed by atoms with van der Waals surface area (Å²) in [5.74, 6) is -1.10. The summed E-state index contributed by atoms with van der Waals surface area (Å²) < 4.78 is 14.2. The van der Waals surface area contributed by atoms with Crippen LogP contribution >= 0.6 is 23.7 Å². The van der Waals surface area contributed by atoms with E-state index in [1.165, 1.54) is 24.3 Å². The average Bonchev–Trinajstić information content (AvgIpc) is 2.95. The third-order valence-electron chi connectivity index (χ3n) is 3.26. The van der Waals surface area contributed by atoms with Gasteiger partial charge < -0.3 is 16.0 Å². The van der Waals surface area contributed by atoms with Gasteiger partial charge in [-0.1, -0.05) is 6.92 Å². The molecule has 1 aromatic heterocycles. The highest BCUT2D eigenvalue weighted by molar-refractivity contribution is 7.14. The smallest absolute Gasteiger partial charge is 0.230 e. The predicted octanol–water partition coefficient (Wildman–Crippen LogP) is 3.12. The first-order valence-electron chi connectivity index (χ1n) is 7.39. The van der Waals surface area contributed by atoms with E-state index < -0.39 is 5.82 Å². The molecule has 0 fully saturated rings. The first-order chi connectivity index (χ1) is 11.4. The molecule has 2 amide bonds. The number of aromatic nitrogens is 1. The zero-order valence-electron chi connectivity index (χ0n) is 14.1. The molecule has 1 unspecified atom stereocenters. The van der Waals surface area contributed by atoms with Crippen molar-refractivity contribution in [1.82, 2.24) is 10.3 Å². The first-order valence-corrected chi connectivity index (χ1v) is 8.27. The molecular formula is C16H20ClFN4O2S. The molecule has 0 radical (unpaired) electrons. The van der Waals surface area contributed by atoms with Crippen LogP contribution in [0.25, 0.3) is 11.3 Å². The van der Waals surface area contributed by atoms with E-state index in [4.69, 9.17) is 0 Å². The SMILES string of the molecule is CNCC(C)C(=O)Nc1nc(-c2ccc(NC(C)=O)cc2F)cs1.Cl. The monoisotopic (exact) mass is 386 g/mol. The molecule has 2 rings (SSSR count). The second-order valence-corrected chi connectivity index (χ2v) is 6.22. The maximum absolute atomic E-state index is 14.2. The number of rotatable bonds is 6. The van der Waals surface area contributed by atoms with Crippen molar-refractivity contribution < 1.29 is 14.0 Å². The van der Waals surface area contributed by atoms with E-state index in [2.05, 4.69) is 20.9 Å². The fourth-order valence-electron chi connectivity index (χ4n) is 2.09. The summed E-state index contributed by atoms with van der Waals surface area (Å²) >= 11 is 1.23. The summed E-state index contributed by atoms with van der Waals surface area (Å²) in [6.45, 7) is 3.72. The molecule has 0 saturated heterocycles. The lowest BCUT2D eigenvalue weighted by atomic mass is 10.1. The summed E-state index contributed by atoms with van der Waals surface area (Å²) in [6, 6.07) is 4.39. The highest BCUT2D eigenvalue weighted by Crippen LogP contribution is 2.28. The number of nitrogens with zero attached hydrogens (tertiary/aromatic N) is 1. The van der Waals surface area contributed by atoms with Crippen LogP contribution in [-0.4, -0.2) is 30.4 Å². The molecule has 2 aromatic rings. The number of nitrogens with one attached hydrogen (secondary N) is 3. The fraction of sp³-hybridized carbons (Fsp3) is 0.312. The number of halogens is 2. The molecule has 0 saturated carbocycles. The Morgan fingerprint density at radius 2 is 2.04 bits per heavy atom. The molecule has 0 spiro atoms. The molecule has 0 aliphatic rings. The average molecular weight is 387 g/mol. The maximum Gasteiger partial charge on any atom is 0.230 e. The summed E-state index contributed by atoms with van der Waals surface area (Å²) in [4.78, 5) is 27.2. The summed E-state index contributed by atoms with van der Waals surface area (Å²) in [5, 5.41) is 10.3. The number of benzene rings is 1. The summed E-state index contributed by atoms with van der Waals surface area (Å²) in [5.41, 5.74) is 1.13. The molecule has 0 aliphatic heterocycles. The maximum atomic E-state index is 14.2. The van der Waals surface area contributed by atoms with Crippen LogP contribution in [0.1, 0.15) is 13.8 Å². The number of carbonyl (C=O) groups is 2. The predicted molar refractivity (Wildman–Crippen MR) is 101 cm³/mol. The van der Waals surface area contributed by atoms with Crippen LogP contribution < -0.4 is 16.0 Å². The molecule has 1 heterocycles. The Labute approximate surface area is 155 Å². The number of thiazole rings is 1. The van der Waals surface area contributed by atoms with E-state index in [0.29, 0.717) is 28.6 Å². The van der Waals surface area contributed by atoms with Gasteiger partial charge in [-0.05, 0) is 25.2 Å². The van der Waals surface area contributed by atoms with Crippen molar-refractivity contribution in [3.8, 4) is 11.3 Å². The second kappa shape index (κ2) is 9.45.